The van der Waals surface area contributed by atoms with Crippen molar-refractivity contribution in [1.82, 2.24) is 14.8 Å². The average Bonchev–Trinajstić information content (AvgIpc) is 3.06. The predicted molar refractivity (Wildman–Crippen MR) is 112 cm³/mol. The Morgan fingerprint density at radius 3 is 2.59 bits per heavy atom. The van der Waals surface area contributed by atoms with Crippen molar-refractivity contribution in [1.29, 1.82) is 0 Å². The molecule has 32 heavy (non-hydrogen) atoms. The number of methoxy groups -OCH3 is 1. The van der Waals surface area contributed by atoms with E-state index in [1.165, 1.54) is 13.2 Å². The van der Waals surface area contributed by atoms with Crippen LogP contribution >= 0.6 is 0 Å². The number of hydrogen-bond donors (Lipinski definition) is 2. The fraction of sp³-hybridized carbons (Fsp3) is 0.409. The number of amides is 1. The molecule has 170 valence electrons. The van der Waals surface area contributed by atoms with E-state index in [0.29, 0.717) is 23.0 Å². The maximum absolute atomic E-state index is 12.9. The van der Waals surface area contributed by atoms with Crippen LogP contribution in [0.25, 0.3) is 10.9 Å². The fourth-order valence-corrected chi connectivity index (χ4v) is 3.83. The zero-order valence-electron chi connectivity index (χ0n) is 17.8. The quantitative estimate of drug-likeness (QED) is 0.603. The van der Waals surface area contributed by atoms with Gasteiger partial charge in [0.25, 0.3) is 5.91 Å². The van der Waals surface area contributed by atoms with Crippen LogP contribution in [0, 0.1) is 5.92 Å². The highest BCUT2D eigenvalue weighted by atomic mass is 19.4. The number of halogens is 3. The van der Waals surface area contributed by atoms with Crippen molar-refractivity contribution in [3.8, 4) is 5.75 Å². The van der Waals surface area contributed by atoms with Crippen LogP contribution in [0.3, 0.4) is 0 Å². The van der Waals surface area contributed by atoms with Crippen LogP contribution in [0.15, 0.2) is 36.7 Å². The third kappa shape index (κ3) is 4.27. The van der Waals surface area contributed by atoms with Crippen LogP contribution < -0.4 is 10.1 Å². The van der Waals surface area contributed by atoms with Gasteiger partial charge >= 0.3 is 6.18 Å². The van der Waals surface area contributed by atoms with Crippen LogP contribution in [-0.2, 0) is 6.18 Å². The van der Waals surface area contributed by atoms with E-state index in [1.807, 2.05) is 10.9 Å². The number of hydrogen-bond acceptors (Lipinski definition) is 5. The van der Waals surface area contributed by atoms with Crippen molar-refractivity contribution in [3.63, 3.8) is 0 Å². The van der Waals surface area contributed by atoms with Crippen molar-refractivity contribution < 1.29 is 27.8 Å². The summed E-state index contributed by atoms with van der Waals surface area (Å²) in [6.07, 6.45) is -0.234. The van der Waals surface area contributed by atoms with Crippen LogP contribution in [0.1, 0.15) is 48.8 Å². The van der Waals surface area contributed by atoms with Crippen molar-refractivity contribution in [2.24, 2.45) is 5.92 Å². The summed E-state index contributed by atoms with van der Waals surface area (Å²) in [5.74, 6) is -0.176. The topological polar surface area (TPSA) is 89.3 Å². The number of nitrogens with zero attached hydrogens (tertiary/aromatic N) is 3. The molecule has 2 aromatic heterocycles. The summed E-state index contributed by atoms with van der Waals surface area (Å²) in [7, 11) is 1.43. The van der Waals surface area contributed by atoms with E-state index in [9.17, 15) is 23.1 Å². The smallest absolute Gasteiger partial charge is 0.433 e. The van der Waals surface area contributed by atoms with Gasteiger partial charge in [-0.1, -0.05) is 0 Å². The second-order valence-corrected chi connectivity index (χ2v) is 8.58. The van der Waals surface area contributed by atoms with Gasteiger partial charge in [0.05, 0.1) is 30.0 Å². The molecule has 3 aromatic rings. The Labute approximate surface area is 182 Å². The Hall–Kier alpha value is -3.14. The van der Waals surface area contributed by atoms with Gasteiger partial charge < -0.3 is 15.2 Å². The van der Waals surface area contributed by atoms with E-state index in [2.05, 4.69) is 15.4 Å². The van der Waals surface area contributed by atoms with E-state index in [0.717, 1.165) is 24.4 Å². The van der Waals surface area contributed by atoms with Gasteiger partial charge in [-0.2, -0.15) is 18.3 Å². The lowest BCUT2D eigenvalue weighted by Gasteiger charge is -2.42. The van der Waals surface area contributed by atoms with Crippen LogP contribution in [0.2, 0.25) is 0 Å². The molecule has 0 radical (unpaired) electrons. The number of alkyl halides is 3. The average molecular weight is 448 g/mol. The molecule has 7 nitrogen and oxygen atoms in total. The highest BCUT2D eigenvalue weighted by Crippen LogP contribution is 2.44. The number of carbonyl (C=O) groups excluding carboxylic acids is 1. The molecule has 1 aliphatic rings. The molecule has 0 bridgehead atoms. The van der Waals surface area contributed by atoms with E-state index in [-0.39, 0.29) is 17.5 Å². The van der Waals surface area contributed by atoms with E-state index in [4.69, 9.17) is 4.74 Å². The van der Waals surface area contributed by atoms with E-state index >= 15 is 0 Å². The largest absolute Gasteiger partial charge is 0.494 e. The Morgan fingerprint density at radius 1 is 1.25 bits per heavy atom. The molecule has 1 aromatic carbocycles. The van der Waals surface area contributed by atoms with Gasteiger partial charge in [0.2, 0.25) is 0 Å². The van der Waals surface area contributed by atoms with Crippen molar-refractivity contribution in [2.45, 2.75) is 44.5 Å². The number of anilines is 1. The lowest BCUT2D eigenvalue weighted by Crippen LogP contribution is -2.41. The molecule has 1 saturated carbocycles. The van der Waals surface area contributed by atoms with Gasteiger partial charge in [-0.25, -0.2) is 0 Å². The summed E-state index contributed by atoms with van der Waals surface area (Å²) in [6.45, 7) is 3.60. The summed E-state index contributed by atoms with van der Waals surface area (Å²) >= 11 is 0. The first kappa shape index (κ1) is 22.1. The van der Waals surface area contributed by atoms with Crippen molar-refractivity contribution in [3.05, 3.63) is 47.9 Å². The summed E-state index contributed by atoms with van der Waals surface area (Å²) in [6, 6.07) is 5.42. The molecule has 1 fully saturated rings. The molecule has 2 N–H and O–H groups in total. The predicted octanol–water partition coefficient (Wildman–Crippen LogP) is 4.43. The minimum absolute atomic E-state index is 0.167. The molecule has 4 rings (SSSR count). The van der Waals surface area contributed by atoms with Crippen LogP contribution in [0.4, 0.5) is 18.9 Å². The summed E-state index contributed by atoms with van der Waals surface area (Å²) in [5.41, 5.74) is -1.06. The lowest BCUT2D eigenvalue weighted by atomic mass is 9.71. The van der Waals surface area contributed by atoms with Crippen LogP contribution in [-0.4, -0.2) is 38.5 Å². The Morgan fingerprint density at radius 2 is 1.97 bits per heavy atom. The Balaban J connectivity index is 1.57. The molecule has 2 heterocycles. The molecule has 0 spiro atoms. The first-order valence-corrected chi connectivity index (χ1v) is 10.1. The van der Waals surface area contributed by atoms with Gasteiger partial charge in [-0.05, 0) is 50.8 Å². The molecule has 0 saturated heterocycles. The molecular weight excluding hydrogens is 425 g/mol. The van der Waals surface area contributed by atoms with Crippen molar-refractivity contribution in [2.75, 3.05) is 12.4 Å². The number of ether oxygens (including phenoxy) is 1. The standard InChI is InChI=1S/C22H23F3N4O3/c1-21(2,31)14-8-15(9-14)29-11-13-6-17(18(32-3)10-16(13)28-29)27-20(30)12-4-5-26-19(7-12)22(23,24)25/h4-7,10-11,14-15,31H,8-9H2,1-3H3,(H,27,30). The second-order valence-electron chi connectivity index (χ2n) is 8.58. The first-order valence-electron chi connectivity index (χ1n) is 10.1. The summed E-state index contributed by atoms with van der Waals surface area (Å²) < 4.78 is 45.9. The number of carbonyl (C=O) groups is 1. The van der Waals surface area contributed by atoms with Gasteiger partial charge in [0, 0.05) is 29.4 Å². The summed E-state index contributed by atoms with van der Waals surface area (Å²) in [4.78, 5) is 15.9. The molecule has 0 atom stereocenters. The van der Waals surface area contributed by atoms with Crippen molar-refractivity contribution >= 4 is 22.5 Å². The molecule has 0 unspecified atom stereocenters. The Bertz CT molecular complexity index is 1160. The zero-order valence-corrected chi connectivity index (χ0v) is 17.8. The minimum Gasteiger partial charge on any atom is -0.494 e. The molecule has 1 amide bonds. The first-order chi connectivity index (χ1) is 15.0. The number of pyridine rings is 1. The maximum atomic E-state index is 12.9. The molecular formula is C22H23F3N4O3. The molecule has 0 aliphatic heterocycles. The number of aliphatic hydroxyl groups is 1. The van der Waals surface area contributed by atoms with E-state index in [1.54, 1.807) is 26.0 Å². The minimum atomic E-state index is -4.65. The highest BCUT2D eigenvalue weighted by Gasteiger charge is 2.40. The zero-order chi connectivity index (χ0) is 23.3. The van der Waals surface area contributed by atoms with Gasteiger partial charge in [-0.3, -0.25) is 14.5 Å². The van der Waals surface area contributed by atoms with Crippen LogP contribution in [0.5, 0.6) is 5.75 Å². The van der Waals surface area contributed by atoms with E-state index < -0.39 is 23.4 Å². The Kier molecular flexibility index (Phi) is 5.36. The number of benzene rings is 1. The molecule has 10 heteroatoms. The maximum Gasteiger partial charge on any atom is 0.433 e. The van der Waals surface area contributed by atoms with Gasteiger partial charge in [-0.15, -0.1) is 0 Å². The molecule has 1 aliphatic carbocycles. The third-order valence-corrected chi connectivity index (χ3v) is 5.89. The monoisotopic (exact) mass is 448 g/mol. The SMILES string of the molecule is COc1cc2nn(C3CC(C(C)(C)O)C3)cc2cc1NC(=O)c1ccnc(C(F)(F)F)c1. The number of nitrogens with one attached hydrogen (secondary N) is 1. The summed E-state index contributed by atoms with van der Waals surface area (Å²) in [5, 5.41) is 18.1. The highest BCUT2D eigenvalue weighted by molar-refractivity contribution is 6.06. The number of rotatable bonds is 5. The lowest BCUT2D eigenvalue weighted by molar-refractivity contribution is -0.141. The second kappa shape index (κ2) is 7.77. The number of fused-ring (bicyclic) bond motifs is 1. The third-order valence-electron chi connectivity index (χ3n) is 5.89. The van der Waals surface area contributed by atoms with Gasteiger partial charge in [0.15, 0.2) is 0 Å². The normalized spacial score (nSPS) is 19.0. The number of aromatic nitrogens is 3. The van der Waals surface area contributed by atoms with Gasteiger partial charge in [0.1, 0.15) is 11.4 Å². The fourth-order valence-electron chi connectivity index (χ4n) is 3.83.